The molecule has 0 N–H and O–H groups in total. The Kier molecular flexibility index (Phi) is 5.18. The normalized spacial score (nSPS) is 11.2. The number of fused-ring (bicyclic) bond motifs is 2. The largest absolute Gasteiger partial charge is 0.461 e. The molecule has 0 saturated carbocycles. The van der Waals surface area contributed by atoms with E-state index in [9.17, 15) is 4.79 Å². The monoisotopic (exact) mass is 440 g/mol. The molecule has 0 spiro atoms. The number of pyridine rings is 1. The maximum absolute atomic E-state index is 12.5. The van der Waals surface area contributed by atoms with Gasteiger partial charge in [-0.2, -0.15) is 0 Å². The van der Waals surface area contributed by atoms with Gasteiger partial charge in [-0.15, -0.1) is 11.8 Å². The molecular weight excluding hydrogens is 424 g/mol. The Morgan fingerprint density at radius 1 is 1.15 bits per heavy atom. The van der Waals surface area contributed by atoms with Gasteiger partial charge in [-0.25, -0.2) is 9.78 Å². The molecule has 4 rings (SSSR count). The van der Waals surface area contributed by atoms with Crippen LogP contribution in [0, 0.1) is 0 Å². The molecular formula is C21H17BrN2O2S. The molecule has 0 radical (unpaired) electrons. The predicted octanol–water partition coefficient (Wildman–Crippen LogP) is 5.72. The Labute approximate surface area is 169 Å². The van der Waals surface area contributed by atoms with Gasteiger partial charge in [-0.1, -0.05) is 30.3 Å². The first kappa shape index (κ1) is 18.1. The van der Waals surface area contributed by atoms with Gasteiger partial charge in [0.05, 0.1) is 12.3 Å². The maximum Gasteiger partial charge on any atom is 0.357 e. The number of carbonyl (C=O) groups is 1. The Morgan fingerprint density at radius 3 is 2.78 bits per heavy atom. The number of benzene rings is 2. The van der Waals surface area contributed by atoms with E-state index in [-0.39, 0.29) is 5.97 Å². The van der Waals surface area contributed by atoms with Crippen molar-refractivity contribution in [3.05, 3.63) is 76.7 Å². The lowest BCUT2D eigenvalue weighted by Crippen LogP contribution is -2.10. The molecule has 2 aromatic carbocycles. The van der Waals surface area contributed by atoms with Gasteiger partial charge in [0.15, 0.2) is 5.69 Å². The third kappa shape index (κ3) is 3.73. The number of hydrogen-bond acceptors (Lipinski definition) is 4. The fourth-order valence-corrected chi connectivity index (χ4v) is 4.21. The Bertz CT molecular complexity index is 1140. The SMILES string of the molecule is CCOC(=O)c1c(CSc2ccc3ccccc3c2)nc2ccc(Br)cn12. The van der Waals surface area contributed by atoms with Gasteiger partial charge in [-0.3, -0.25) is 4.40 Å². The van der Waals surface area contributed by atoms with E-state index in [1.807, 2.05) is 30.5 Å². The fraction of sp³-hybridized carbons (Fsp3) is 0.143. The lowest BCUT2D eigenvalue weighted by molar-refractivity contribution is 0.0517. The molecule has 2 aromatic heterocycles. The van der Waals surface area contributed by atoms with Gasteiger partial charge in [0, 0.05) is 21.3 Å². The van der Waals surface area contributed by atoms with Crippen LogP contribution in [-0.4, -0.2) is 22.0 Å². The number of ether oxygens (including phenoxy) is 1. The summed E-state index contributed by atoms with van der Waals surface area (Å²) in [6, 6.07) is 18.5. The standard InChI is InChI=1S/C21H17BrN2O2S/c1-2-26-21(25)20-18(23-19-10-8-16(22)12-24(19)20)13-27-17-9-7-14-5-3-4-6-15(14)11-17/h3-12H,2,13H2,1H3. The minimum atomic E-state index is -0.350. The second-order valence-electron chi connectivity index (χ2n) is 6.00. The first-order valence-electron chi connectivity index (χ1n) is 8.61. The van der Waals surface area contributed by atoms with Crippen LogP contribution in [0.25, 0.3) is 16.4 Å². The van der Waals surface area contributed by atoms with Gasteiger partial charge in [0.2, 0.25) is 0 Å². The van der Waals surface area contributed by atoms with Crippen molar-refractivity contribution >= 4 is 50.1 Å². The lowest BCUT2D eigenvalue weighted by Gasteiger charge is -2.06. The number of imidazole rings is 1. The summed E-state index contributed by atoms with van der Waals surface area (Å²) in [5, 5.41) is 2.42. The van der Waals surface area contributed by atoms with Crippen LogP contribution in [-0.2, 0) is 10.5 Å². The van der Waals surface area contributed by atoms with Crippen LogP contribution < -0.4 is 0 Å². The van der Waals surface area contributed by atoms with Gasteiger partial charge in [0.1, 0.15) is 5.65 Å². The first-order valence-corrected chi connectivity index (χ1v) is 10.4. The highest BCUT2D eigenvalue weighted by Crippen LogP contribution is 2.28. The third-order valence-electron chi connectivity index (χ3n) is 4.22. The number of esters is 1. The second-order valence-corrected chi connectivity index (χ2v) is 7.97. The summed E-state index contributed by atoms with van der Waals surface area (Å²) < 4.78 is 7.93. The van der Waals surface area contributed by atoms with Crippen molar-refractivity contribution in [1.29, 1.82) is 0 Å². The van der Waals surface area contributed by atoms with Crippen molar-refractivity contribution in [3.63, 3.8) is 0 Å². The van der Waals surface area contributed by atoms with E-state index >= 15 is 0 Å². The van der Waals surface area contributed by atoms with E-state index < -0.39 is 0 Å². The number of halogens is 1. The van der Waals surface area contributed by atoms with Gasteiger partial charge < -0.3 is 4.74 Å². The van der Waals surface area contributed by atoms with Crippen LogP contribution in [0.15, 0.2) is 70.2 Å². The van der Waals surface area contributed by atoms with Crippen LogP contribution in [0.5, 0.6) is 0 Å². The molecule has 0 fully saturated rings. The third-order valence-corrected chi connectivity index (χ3v) is 5.69. The number of hydrogen-bond donors (Lipinski definition) is 0. The number of rotatable bonds is 5. The number of carbonyl (C=O) groups excluding carboxylic acids is 1. The zero-order valence-electron chi connectivity index (χ0n) is 14.7. The highest BCUT2D eigenvalue weighted by atomic mass is 79.9. The summed E-state index contributed by atoms with van der Waals surface area (Å²) in [6.45, 7) is 2.14. The Balaban J connectivity index is 1.67. The van der Waals surface area contributed by atoms with Gasteiger partial charge in [0.25, 0.3) is 0 Å². The smallest absolute Gasteiger partial charge is 0.357 e. The molecule has 0 saturated heterocycles. The Hall–Kier alpha value is -2.31. The van der Waals surface area contributed by atoms with Crippen molar-refractivity contribution < 1.29 is 9.53 Å². The summed E-state index contributed by atoms with van der Waals surface area (Å²) in [4.78, 5) is 18.3. The summed E-state index contributed by atoms with van der Waals surface area (Å²) in [7, 11) is 0. The Morgan fingerprint density at radius 2 is 1.96 bits per heavy atom. The molecule has 0 aliphatic heterocycles. The van der Waals surface area contributed by atoms with E-state index in [1.54, 1.807) is 23.1 Å². The molecule has 0 aliphatic carbocycles. The minimum Gasteiger partial charge on any atom is -0.461 e. The summed E-state index contributed by atoms with van der Waals surface area (Å²) in [6.07, 6.45) is 1.85. The van der Waals surface area contributed by atoms with Crippen molar-refractivity contribution in [2.45, 2.75) is 17.6 Å². The summed E-state index contributed by atoms with van der Waals surface area (Å²) >= 11 is 5.12. The summed E-state index contributed by atoms with van der Waals surface area (Å²) in [5.41, 5.74) is 1.95. The predicted molar refractivity (Wildman–Crippen MR) is 112 cm³/mol. The molecule has 4 nitrogen and oxygen atoms in total. The topological polar surface area (TPSA) is 43.6 Å². The quantitative estimate of drug-likeness (QED) is 0.294. The van der Waals surface area contributed by atoms with Gasteiger partial charge in [-0.05, 0) is 57.9 Å². The lowest BCUT2D eigenvalue weighted by atomic mass is 10.1. The molecule has 4 aromatic rings. The second kappa shape index (κ2) is 7.74. The molecule has 2 heterocycles. The van der Waals surface area contributed by atoms with E-state index in [2.05, 4.69) is 51.2 Å². The van der Waals surface area contributed by atoms with Crippen molar-refractivity contribution in [3.8, 4) is 0 Å². The van der Waals surface area contributed by atoms with Crippen molar-refractivity contribution in [2.75, 3.05) is 6.61 Å². The van der Waals surface area contributed by atoms with Gasteiger partial charge >= 0.3 is 5.97 Å². The number of nitrogens with zero attached hydrogens (tertiary/aromatic N) is 2. The zero-order chi connectivity index (χ0) is 18.8. The zero-order valence-corrected chi connectivity index (χ0v) is 17.1. The van der Waals surface area contributed by atoms with Crippen LogP contribution >= 0.6 is 27.7 Å². The van der Waals surface area contributed by atoms with Crippen molar-refractivity contribution in [2.24, 2.45) is 0 Å². The fourth-order valence-electron chi connectivity index (χ4n) is 2.99. The van der Waals surface area contributed by atoms with E-state index in [0.29, 0.717) is 18.1 Å². The number of aromatic nitrogens is 2. The van der Waals surface area contributed by atoms with Crippen molar-refractivity contribution in [1.82, 2.24) is 9.38 Å². The highest BCUT2D eigenvalue weighted by molar-refractivity contribution is 9.10. The van der Waals surface area contributed by atoms with Crippen LogP contribution in [0.1, 0.15) is 23.1 Å². The molecule has 6 heteroatoms. The van der Waals surface area contributed by atoms with Crippen LogP contribution in [0.2, 0.25) is 0 Å². The average molecular weight is 441 g/mol. The molecule has 0 bridgehead atoms. The molecule has 0 aliphatic rings. The molecule has 27 heavy (non-hydrogen) atoms. The minimum absolute atomic E-state index is 0.331. The van der Waals surface area contributed by atoms with E-state index in [4.69, 9.17) is 4.74 Å². The maximum atomic E-state index is 12.5. The van der Waals surface area contributed by atoms with Crippen LogP contribution in [0.3, 0.4) is 0 Å². The summed E-state index contributed by atoms with van der Waals surface area (Å²) in [5.74, 6) is 0.239. The van der Waals surface area contributed by atoms with Crippen LogP contribution in [0.4, 0.5) is 0 Å². The number of thioether (sulfide) groups is 1. The van der Waals surface area contributed by atoms with E-state index in [1.165, 1.54) is 10.8 Å². The molecule has 0 atom stereocenters. The molecule has 0 unspecified atom stereocenters. The first-order chi connectivity index (χ1) is 13.2. The van der Waals surface area contributed by atoms with E-state index in [0.717, 1.165) is 20.7 Å². The molecule has 0 amide bonds. The average Bonchev–Trinajstić information content (AvgIpc) is 3.04. The highest BCUT2D eigenvalue weighted by Gasteiger charge is 2.20. The molecule has 136 valence electrons.